The van der Waals surface area contributed by atoms with Crippen molar-refractivity contribution in [2.24, 2.45) is 0 Å². The second-order valence-corrected chi connectivity index (χ2v) is 5.80. The van der Waals surface area contributed by atoms with Gasteiger partial charge in [0.2, 0.25) is 15.9 Å². The maximum absolute atomic E-state index is 11.1. The molecule has 1 fully saturated rings. The standard InChI is InChI=1S/C9H11ClN2O3S/c10-8-2-1-4-11-9(8)15-6-7-3-5-16(13,14)12-7/h1-2,4,7,12H,3,5-6H2. The SMILES string of the molecule is O=S1(=O)CCC(COc2ncccc2Cl)N1. The van der Waals surface area contributed by atoms with Gasteiger partial charge in [0.1, 0.15) is 11.6 Å². The van der Waals surface area contributed by atoms with E-state index in [4.69, 9.17) is 16.3 Å². The maximum Gasteiger partial charge on any atom is 0.232 e. The van der Waals surface area contributed by atoms with E-state index >= 15 is 0 Å². The molecule has 0 saturated carbocycles. The van der Waals surface area contributed by atoms with Crippen LogP contribution in [-0.4, -0.2) is 31.8 Å². The molecular weight excluding hydrogens is 252 g/mol. The Hall–Kier alpha value is -0.850. The summed E-state index contributed by atoms with van der Waals surface area (Å²) in [6, 6.07) is 3.18. The first kappa shape index (κ1) is 11.6. The highest BCUT2D eigenvalue weighted by Crippen LogP contribution is 2.20. The fourth-order valence-electron chi connectivity index (χ4n) is 1.44. The lowest BCUT2D eigenvalue weighted by molar-refractivity contribution is 0.272. The fourth-order valence-corrected chi connectivity index (χ4v) is 3.03. The molecule has 1 unspecified atom stereocenters. The number of hydrogen-bond donors (Lipinski definition) is 1. The number of ether oxygens (including phenoxy) is 1. The molecule has 5 nitrogen and oxygen atoms in total. The van der Waals surface area contributed by atoms with Crippen molar-refractivity contribution < 1.29 is 13.2 Å². The summed E-state index contributed by atoms with van der Waals surface area (Å²) in [6.07, 6.45) is 2.12. The van der Waals surface area contributed by atoms with Gasteiger partial charge in [0, 0.05) is 6.20 Å². The van der Waals surface area contributed by atoms with Gasteiger partial charge in [-0.3, -0.25) is 0 Å². The van der Waals surface area contributed by atoms with E-state index in [1.807, 2.05) is 0 Å². The Labute approximate surface area is 98.8 Å². The van der Waals surface area contributed by atoms with Gasteiger partial charge in [-0.05, 0) is 18.6 Å². The number of nitrogens with zero attached hydrogens (tertiary/aromatic N) is 1. The van der Waals surface area contributed by atoms with Crippen LogP contribution in [0.2, 0.25) is 5.02 Å². The molecule has 1 aliphatic heterocycles. The van der Waals surface area contributed by atoms with Crippen LogP contribution in [-0.2, 0) is 10.0 Å². The maximum atomic E-state index is 11.1. The van der Waals surface area contributed by atoms with E-state index in [1.165, 1.54) is 0 Å². The van der Waals surface area contributed by atoms with Crippen molar-refractivity contribution >= 4 is 21.6 Å². The average Bonchev–Trinajstić information content (AvgIpc) is 2.57. The van der Waals surface area contributed by atoms with Gasteiger partial charge in [0.05, 0.1) is 11.8 Å². The highest BCUT2D eigenvalue weighted by atomic mass is 35.5. The molecule has 0 spiro atoms. The molecule has 88 valence electrons. The number of rotatable bonds is 3. The summed E-state index contributed by atoms with van der Waals surface area (Å²) < 4.78 is 30.1. The van der Waals surface area contributed by atoms with Crippen LogP contribution in [0.15, 0.2) is 18.3 Å². The third kappa shape index (κ3) is 2.84. The van der Waals surface area contributed by atoms with Gasteiger partial charge in [0.25, 0.3) is 0 Å². The monoisotopic (exact) mass is 262 g/mol. The molecule has 2 rings (SSSR count). The van der Waals surface area contributed by atoms with Gasteiger partial charge in [-0.2, -0.15) is 0 Å². The van der Waals surface area contributed by atoms with Crippen molar-refractivity contribution in [3.8, 4) is 5.88 Å². The van der Waals surface area contributed by atoms with Crippen LogP contribution in [0.1, 0.15) is 6.42 Å². The van der Waals surface area contributed by atoms with Crippen molar-refractivity contribution in [3.63, 3.8) is 0 Å². The number of sulfonamides is 1. The zero-order valence-corrected chi connectivity index (χ0v) is 9.96. The Morgan fingerprint density at radius 3 is 3.06 bits per heavy atom. The van der Waals surface area contributed by atoms with E-state index in [1.54, 1.807) is 18.3 Å². The van der Waals surface area contributed by atoms with E-state index in [9.17, 15) is 8.42 Å². The summed E-state index contributed by atoms with van der Waals surface area (Å²) in [6.45, 7) is 0.246. The first-order chi connectivity index (χ1) is 7.57. The molecule has 1 saturated heterocycles. The molecule has 1 aromatic rings. The number of aromatic nitrogens is 1. The van der Waals surface area contributed by atoms with Crippen LogP contribution in [0.5, 0.6) is 5.88 Å². The summed E-state index contributed by atoms with van der Waals surface area (Å²) in [5, 5.41) is 0.420. The van der Waals surface area contributed by atoms with Crippen LogP contribution in [0.25, 0.3) is 0 Å². The second kappa shape index (κ2) is 4.57. The summed E-state index contributed by atoms with van der Waals surface area (Å²) in [5.41, 5.74) is 0. The third-order valence-corrected chi connectivity index (χ3v) is 3.98. The van der Waals surface area contributed by atoms with Crippen LogP contribution >= 0.6 is 11.6 Å². The minimum atomic E-state index is -3.09. The molecule has 1 N–H and O–H groups in total. The predicted octanol–water partition coefficient (Wildman–Crippen LogP) is 0.805. The molecule has 0 aliphatic carbocycles. The lowest BCUT2D eigenvalue weighted by Gasteiger charge is -2.10. The topological polar surface area (TPSA) is 68.3 Å². The zero-order valence-electron chi connectivity index (χ0n) is 8.39. The minimum absolute atomic E-state index is 0.150. The quantitative estimate of drug-likeness (QED) is 0.875. The minimum Gasteiger partial charge on any atom is -0.475 e. The smallest absolute Gasteiger partial charge is 0.232 e. The molecule has 0 aromatic carbocycles. The van der Waals surface area contributed by atoms with Gasteiger partial charge in [-0.1, -0.05) is 11.6 Å². The fraction of sp³-hybridized carbons (Fsp3) is 0.444. The number of nitrogens with one attached hydrogen (secondary N) is 1. The molecule has 1 aliphatic rings. The van der Waals surface area contributed by atoms with E-state index in [0.717, 1.165) is 0 Å². The van der Waals surface area contributed by atoms with Gasteiger partial charge < -0.3 is 4.74 Å². The Morgan fingerprint density at radius 2 is 2.44 bits per heavy atom. The molecular formula is C9H11ClN2O3S. The van der Waals surface area contributed by atoms with Gasteiger partial charge in [-0.25, -0.2) is 18.1 Å². The summed E-state index contributed by atoms with van der Waals surface area (Å²) in [4.78, 5) is 3.94. The van der Waals surface area contributed by atoms with Gasteiger partial charge >= 0.3 is 0 Å². The zero-order chi connectivity index (χ0) is 11.6. The molecule has 16 heavy (non-hydrogen) atoms. The first-order valence-electron chi connectivity index (χ1n) is 4.80. The number of pyridine rings is 1. The van der Waals surface area contributed by atoms with Gasteiger partial charge in [-0.15, -0.1) is 0 Å². The normalized spacial score (nSPS) is 23.2. The Bertz CT molecular complexity index is 477. The first-order valence-corrected chi connectivity index (χ1v) is 6.83. The van der Waals surface area contributed by atoms with Crippen LogP contribution in [0.4, 0.5) is 0 Å². The van der Waals surface area contributed by atoms with E-state index in [2.05, 4.69) is 9.71 Å². The lowest BCUT2D eigenvalue weighted by Crippen LogP contribution is -2.31. The Balaban J connectivity index is 1.92. The second-order valence-electron chi connectivity index (χ2n) is 3.52. The van der Waals surface area contributed by atoms with E-state index in [-0.39, 0.29) is 18.4 Å². The van der Waals surface area contributed by atoms with E-state index in [0.29, 0.717) is 17.3 Å². The van der Waals surface area contributed by atoms with Crippen molar-refractivity contribution in [2.75, 3.05) is 12.4 Å². The number of hydrogen-bond acceptors (Lipinski definition) is 4. The van der Waals surface area contributed by atoms with Crippen molar-refractivity contribution in [3.05, 3.63) is 23.4 Å². The molecule has 1 aromatic heterocycles. The van der Waals surface area contributed by atoms with Crippen LogP contribution in [0, 0.1) is 0 Å². The van der Waals surface area contributed by atoms with Gasteiger partial charge in [0.15, 0.2) is 0 Å². The molecule has 0 radical (unpaired) electrons. The van der Waals surface area contributed by atoms with E-state index < -0.39 is 10.0 Å². The molecule has 0 amide bonds. The van der Waals surface area contributed by atoms with Crippen molar-refractivity contribution in [1.29, 1.82) is 0 Å². The summed E-state index contributed by atoms with van der Waals surface area (Å²) in [5.74, 6) is 0.479. The average molecular weight is 263 g/mol. The third-order valence-electron chi connectivity index (χ3n) is 2.23. The van der Waals surface area contributed by atoms with Crippen LogP contribution < -0.4 is 9.46 Å². The molecule has 7 heteroatoms. The molecule has 0 bridgehead atoms. The predicted molar refractivity (Wildman–Crippen MR) is 60.1 cm³/mol. The Morgan fingerprint density at radius 1 is 1.62 bits per heavy atom. The highest BCUT2D eigenvalue weighted by molar-refractivity contribution is 7.89. The summed E-state index contributed by atoms with van der Waals surface area (Å²) in [7, 11) is -3.09. The highest BCUT2D eigenvalue weighted by Gasteiger charge is 2.27. The molecule has 2 heterocycles. The van der Waals surface area contributed by atoms with Crippen molar-refractivity contribution in [1.82, 2.24) is 9.71 Å². The largest absolute Gasteiger partial charge is 0.475 e. The number of halogens is 1. The molecule has 1 atom stereocenters. The lowest BCUT2D eigenvalue weighted by atomic mass is 10.3. The summed E-state index contributed by atoms with van der Waals surface area (Å²) >= 11 is 5.84. The van der Waals surface area contributed by atoms with Crippen LogP contribution in [0.3, 0.4) is 0 Å². The Kier molecular flexibility index (Phi) is 3.32. The van der Waals surface area contributed by atoms with Crippen molar-refractivity contribution in [2.45, 2.75) is 12.5 Å².